The van der Waals surface area contributed by atoms with E-state index in [0.717, 1.165) is 5.56 Å². The van der Waals surface area contributed by atoms with Crippen molar-refractivity contribution in [1.82, 2.24) is 4.79 Å². The van der Waals surface area contributed by atoms with Crippen molar-refractivity contribution in [2.24, 2.45) is 5.73 Å². The van der Waals surface area contributed by atoms with Crippen LogP contribution in [0.4, 0.5) is 4.48 Å². The highest BCUT2D eigenvalue weighted by molar-refractivity contribution is 5.98. The van der Waals surface area contributed by atoms with Crippen molar-refractivity contribution in [3.8, 4) is 0 Å². The number of carbonyl (C=O) groups excluding carboxylic acids is 1. The van der Waals surface area contributed by atoms with Gasteiger partial charge in [-0.3, -0.25) is 4.79 Å². The summed E-state index contributed by atoms with van der Waals surface area (Å²) in [5.74, 6) is -0.761. The van der Waals surface area contributed by atoms with Crippen molar-refractivity contribution in [3.05, 3.63) is 35.5 Å². The third-order valence-corrected chi connectivity index (χ3v) is 2.22. The zero-order chi connectivity index (χ0) is 10.3. The predicted octanol–water partition coefficient (Wildman–Crippen LogP) is 1.78. The topological polar surface area (TPSA) is 48.0 Å². The maximum Gasteiger partial charge on any atom is 0.268 e. The van der Waals surface area contributed by atoms with Gasteiger partial charge in [0.05, 0.1) is 5.52 Å². The molecule has 2 N–H and O–H groups in total. The summed E-state index contributed by atoms with van der Waals surface area (Å²) in [4.78, 5) is 11.2. The molecule has 0 atom stereocenters. The van der Waals surface area contributed by atoms with E-state index in [9.17, 15) is 9.28 Å². The normalized spacial score (nSPS) is 10.7. The standard InChI is InChI=1S/C10H9FN2O/c1-6-3-2-4-7-5-8(10(12)14)13(11)9(6)7/h2-5H,1H3,(H2,12,14). The molecule has 1 aromatic heterocycles. The molecule has 0 radical (unpaired) electrons. The lowest BCUT2D eigenvalue weighted by atomic mass is 10.2. The second-order valence-electron chi connectivity index (χ2n) is 3.19. The van der Waals surface area contributed by atoms with Crippen LogP contribution in [-0.2, 0) is 0 Å². The molecular weight excluding hydrogens is 183 g/mol. The third-order valence-electron chi connectivity index (χ3n) is 2.22. The van der Waals surface area contributed by atoms with Crippen molar-refractivity contribution in [3.63, 3.8) is 0 Å². The van der Waals surface area contributed by atoms with E-state index in [0.29, 0.717) is 15.7 Å². The van der Waals surface area contributed by atoms with Gasteiger partial charge in [0.25, 0.3) is 5.91 Å². The van der Waals surface area contributed by atoms with E-state index in [1.807, 2.05) is 6.07 Å². The Hall–Kier alpha value is -1.84. The number of primary amides is 1. The van der Waals surface area contributed by atoms with E-state index in [4.69, 9.17) is 5.73 Å². The van der Waals surface area contributed by atoms with Gasteiger partial charge in [-0.15, -0.1) is 0 Å². The molecule has 0 bridgehead atoms. The summed E-state index contributed by atoms with van der Waals surface area (Å²) in [6.45, 7) is 1.78. The van der Waals surface area contributed by atoms with Gasteiger partial charge in [-0.1, -0.05) is 22.7 Å². The highest BCUT2D eigenvalue weighted by atomic mass is 19.2. The molecule has 0 unspecified atom stereocenters. The summed E-state index contributed by atoms with van der Waals surface area (Å²) in [7, 11) is 0. The lowest BCUT2D eigenvalue weighted by Crippen LogP contribution is -2.13. The highest BCUT2D eigenvalue weighted by Gasteiger charge is 2.13. The van der Waals surface area contributed by atoms with E-state index < -0.39 is 5.91 Å². The van der Waals surface area contributed by atoms with Crippen molar-refractivity contribution in [2.75, 3.05) is 0 Å². The fraction of sp³-hybridized carbons (Fsp3) is 0.100. The van der Waals surface area contributed by atoms with E-state index in [2.05, 4.69) is 0 Å². The molecular formula is C10H9FN2O. The van der Waals surface area contributed by atoms with Crippen LogP contribution in [0.1, 0.15) is 16.1 Å². The summed E-state index contributed by atoms with van der Waals surface area (Å²) in [6, 6.07) is 6.78. The summed E-state index contributed by atoms with van der Waals surface area (Å²) < 4.78 is 13.6. The molecule has 0 fully saturated rings. The third kappa shape index (κ3) is 1.08. The second-order valence-corrected chi connectivity index (χ2v) is 3.19. The van der Waals surface area contributed by atoms with E-state index >= 15 is 0 Å². The Bertz CT molecular complexity index is 516. The maximum atomic E-state index is 13.6. The van der Waals surface area contributed by atoms with E-state index in [1.165, 1.54) is 6.07 Å². The van der Waals surface area contributed by atoms with Gasteiger partial charge in [0.2, 0.25) is 0 Å². The number of halogens is 1. The van der Waals surface area contributed by atoms with Gasteiger partial charge in [0.15, 0.2) is 0 Å². The Morgan fingerprint density at radius 1 is 1.50 bits per heavy atom. The van der Waals surface area contributed by atoms with Crippen molar-refractivity contribution in [2.45, 2.75) is 6.92 Å². The van der Waals surface area contributed by atoms with Crippen LogP contribution in [-0.4, -0.2) is 10.7 Å². The number of rotatable bonds is 1. The minimum absolute atomic E-state index is 0.116. The number of aryl methyl sites for hydroxylation is 1. The molecule has 1 heterocycles. The van der Waals surface area contributed by atoms with Crippen LogP contribution in [0.2, 0.25) is 0 Å². The number of hydrogen-bond acceptors (Lipinski definition) is 1. The van der Waals surface area contributed by atoms with Crippen LogP contribution in [0.5, 0.6) is 0 Å². The van der Waals surface area contributed by atoms with Crippen LogP contribution >= 0.6 is 0 Å². The molecule has 0 aliphatic rings. The first kappa shape index (κ1) is 8.74. The molecule has 0 saturated heterocycles. The summed E-state index contributed by atoms with van der Waals surface area (Å²) in [5, 5.41) is 0.682. The monoisotopic (exact) mass is 192 g/mol. The van der Waals surface area contributed by atoms with Crippen LogP contribution in [0, 0.1) is 6.92 Å². The van der Waals surface area contributed by atoms with Gasteiger partial charge in [-0.2, -0.15) is 4.79 Å². The summed E-state index contributed by atoms with van der Waals surface area (Å²) in [5.41, 5.74) is 6.09. The number of para-hydroxylation sites is 1. The number of aromatic nitrogens is 1. The lowest BCUT2D eigenvalue weighted by molar-refractivity contribution is 0.0983. The molecule has 0 spiro atoms. The largest absolute Gasteiger partial charge is 0.364 e. The highest BCUT2D eigenvalue weighted by Crippen LogP contribution is 2.22. The van der Waals surface area contributed by atoms with Gasteiger partial charge in [-0.05, 0) is 18.6 Å². The molecule has 1 aromatic carbocycles. The summed E-state index contributed by atoms with van der Waals surface area (Å²) in [6.07, 6.45) is 0. The fourth-order valence-corrected chi connectivity index (χ4v) is 1.56. The van der Waals surface area contributed by atoms with Crippen LogP contribution in [0.15, 0.2) is 24.3 Å². The maximum absolute atomic E-state index is 13.6. The Labute approximate surface area is 79.9 Å². The Kier molecular flexibility index (Phi) is 1.77. The Balaban J connectivity index is 2.87. The molecule has 2 aromatic rings. The number of carbonyl (C=O) groups is 1. The first-order valence-corrected chi connectivity index (χ1v) is 4.18. The van der Waals surface area contributed by atoms with Crippen molar-refractivity contribution < 1.29 is 9.28 Å². The smallest absolute Gasteiger partial charge is 0.268 e. The predicted molar refractivity (Wildman–Crippen MR) is 51.7 cm³/mol. The zero-order valence-corrected chi connectivity index (χ0v) is 7.62. The molecule has 2 rings (SSSR count). The Morgan fingerprint density at radius 3 is 2.79 bits per heavy atom. The van der Waals surface area contributed by atoms with Gasteiger partial charge < -0.3 is 5.73 Å². The fourth-order valence-electron chi connectivity index (χ4n) is 1.56. The number of benzene rings is 1. The number of hydrogen-bond donors (Lipinski definition) is 1. The molecule has 3 nitrogen and oxygen atoms in total. The number of amides is 1. The second kappa shape index (κ2) is 2.83. The average molecular weight is 192 g/mol. The van der Waals surface area contributed by atoms with Gasteiger partial charge in [-0.25, -0.2) is 0 Å². The lowest BCUT2D eigenvalue weighted by Gasteiger charge is -1.97. The van der Waals surface area contributed by atoms with Crippen LogP contribution in [0.25, 0.3) is 10.9 Å². The first-order chi connectivity index (χ1) is 6.61. The Morgan fingerprint density at radius 2 is 2.21 bits per heavy atom. The van der Waals surface area contributed by atoms with Crippen molar-refractivity contribution in [1.29, 1.82) is 0 Å². The number of nitrogens with two attached hydrogens (primary N) is 1. The van der Waals surface area contributed by atoms with E-state index in [-0.39, 0.29) is 5.69 Å². The molecule has 0 aliphatic carbocycles. The van der Waals surface area contributed by atoms with Gasteiger partial charge >= 0.3 is 0 Å². The minimum Gasteiger partial charge on any atom is -0.364 e. The minimum atomic E-state index is -0.761. The zero-order valence-electron chi connectivity index (χ0n) is 7.62. The van der Waals surface area contributed by atoms with E-state index in [1.54, 1.807) is 19.1 Å². The quantitative estimate of drug-likeness (QED) is 0.735. The molecule has 0 aliphatic heterocycles. The molecule has 4 heteroatoms. The number of nitrogens with zero attached hydrogens (tertiary/aromatic N) is 1. The van der Waals surface area contributed by atoms with Gasteiger partial charge in [0, 0.05) is 5.39 Å². The van der Waals surface area contributed by atoms with Gasteiger partial charge in [0.1, 0.15) is 5.69 Å². The van der Waals surface area contributed by atoms with Crippen LogP contribution < -0.4 is 5.73 Å². The average Bonchev–Trinajstić information content (AvgIpc) is 2.45. The van der Waals surface area contributed by atoms with Crippen molar-refractivity contribution >= 4 is 16.8 Å². The molecule has 14 heavy (non-hydrogen) atoms. The van der Waals surface area contributed by atoms with Crippen LogP contribution in [0.3, 0.4) is 0 Å². The number of fused-ring (bicyclic) bond motifs is 1. The molecule has 72 valence electrons. The molecule has 0 saturated carbocycles. The molecule has 1 amide bonds. The SMILES string of the molecule is Cc1cccc2cc(C(N)=O)n(F)c12. The summed E-state index contributed by atoms with van der Waals surface area (Å²) >= 11 is 0. The first-order valence-electron chi connectivity index (χ1n) is 4.18.